The number of carbonyl (C=O) groups is 2. The zero-order valence-corrected chi connectivity index (χ0v) is 17.1. The van der Waals surface area contributed by atoms with Gasteiger partial charge in [0.1, 0.15) is 11.6 Å². The molecule has 0 aromatic heterocycles. The van der Waals surface area contributed by atoms with Crippen molar-refractivity contribution in [3.8, 4) is 0 Å². The lowest BCUT2D eigenvalue weighted by Gasteiger charge is -2.26. The molecule has 156 valence electrons. The highest BCUT2D eigenvalue weighted by molar-refractivity contribution is 6.51. The number of nitrogens with zero attached hydrogens (tertiary/aromatic N) is 2. The van der Waals surface area contributed by atoms with E-state index in [4.69, 9.17) is 0 Å². The molecule has 0 radical (unpaired) electrons. The van der Waals surface area contributed by atoms with Gasteiger partial charge in [-0.1, -0.05) is 42.5 Å². The van der Waals surface area contributed by atoms with Crippen LogP contribution in [0.1, 0.15) is 17.2 Å². The number of aliphatic hydroxyl groups is 1. The third-order valence-corrected chi connectivity index (χ3v) is 5.32. The van der Waals surface area contributed by atoms with Crippen molar-refractivity contribution >= 4 is 28.8 Å². The molecule has 0 unspecified atom stereocenters. The van der Waals surface area contributed by atoms with Crippen molar-refractivity contribution in [3.05, 3.63) is 101 Å². The van der Waals surface area contributed by atoms with E-state index in [1.165, 1.54) is 29.2 Å². The average Bonchev–Trinajstić information content (AvgIpc) is 3.05. The molecule has 3 aromatic rings. The molecular formula is C25H21FN2O3. The summed E-state index contributed by atoms with van der Waals surface area (Å²) in [6.45, 7) is 0. The Hall–Kier alpha value is -3.93. The van der Waals surface area contributed by atoms with Crippen molar-refractivity contribution < 1.29 is 19.1 Å². The van der Waals surface area contributed by atoms with Crippen LogP contribution in [0.15, 0.2) is 84.4 Å². The number of hydrogen-bond donors (Lipinski definition) is 1. The van der Waals surface area contributed by atoms with Gasteiger partial charge in [0.25, 0.3) is 11.7 Å². The van der Waals surface area contributed by atoms with Gasteiger partial charge in [-0.25, -0.2) is 4.39 Å². The second-order valence-corrected chi connectivity index (χ2v) is 7.50. The predicted molar refractivity (Wildman–Crippen MR) is 118 cm³/mol. The normalized spacial score (nSPS) is 17.8. The van der Waals surface area contributed by atoms with Crippen LogP contribution in [0.2, 0.25) is 0 Å². The largest absolute Gasteiger partial charge is 0.507 e. The molecule has 1 heterocycles. The average molecular weight is 416 g/mol. The molecule has 1 fully saturated rings. The van der Waals surface area contributed by atoms with Gasteiger partial charge in [-0.3, -0.25) is 14.5 Å². The topological polar surface area (TPSA) is 60.9 Å². The second kappa shape index (κ2) is 8.07. The van der Waals surface area contributed by atoms with Crippen molar-refractivity contribution in [1.29, 1.82) is 0 Å². The van der Waals surface area contributed by atoms with Gasteiger partial charge in [-0.05, 0) is 42.0 Å². The van der Waals surface area contributed by atoms with Crippen LogP contribution in [0, 0.1) is 5.82 Å². The molecule has 5 nitrogen and oxygen atoms in total. The molecule has 1 aliphatic rings. The Morgan fingerprint density at radius 3 is 2.10 bits per heavy atom. The van der Waals surface area contributed by atoms with Gasteiger partial charge in [0.2, 0.25) is 0 Å². The standard InChI is InChI=1S/C25H21FN2O3/c1-27(2)19-12-14-20(15-13-19)28-22(16-8-10-18(26)11-9-16)21(24(30)25(28)31)23(29)17-6-4-3-5-7-17/h3-15,22,29H,1-2H3/b23-21+/t22-/m1/s1. The summed E-state index contributed by atoms with van der Waals surface area (Å²) in [5.41, 5.74) is 2.36. The van der Waals surface area contributed by atoms with Crippen molar-refractivity contribution in [2.24, 2.45) is 0 Å². The van der Waals surface area contributed by atoms with Gasteiger partial charge in [0.15, 0.2) is 0 Å². The first-order valence-electron chi connectivity index (χ1n) is 9.78. The molecule has 0 spiro atoms. The third kappa shape index (κ3) is 3.68. The quantitative estimate of drug-likeness (QED) is 0.386. The fraction of sp³-hybridized carbons (Fsp3) is 0.120. The Morgan fingerprint density at radius 2 is 1.52 bits per heavy atom. The lowest BCUT2D eigenvalue weighted by Crippen LogP contribution is -2.29. The van der Waals surface area contributed by atoms with E-state index in [0.29, 0.717) is 16.8 Å². The molecule has 3 aromatic carbocycles. The monoisotopic (exact) mass is 416 g/mol. The molecule has 1 atom stereocenters. The molecular weight excluding hydrogens is 395 g/mol. The maximum absolute atomic E-state index is 13.6. The molecule has 0 aliphatic carbocycles. The van der Waals surface area contributed by atoms with Gasteiger partial charge >= 0.3 is 0 Å². The first-order chi connectivity index (χ1) is 14.9. The number of amides is 1. The van der Waals surface area contributed by atoms with Gasteiger partial charge in [-0.15, -0.1) is 0 Å². The van der Waals surface area contributed by atoms with E-state index in [1.54, 1.807) is 42.5 Å². The van der Waals surface area contributed by atoms with E-state index in [0.717, 1.165) is 5.69 Å². The Bertz CT molecular complexity index is 1150. The van der Waals surface area contributed by atoms with E-state index in [1.807, 2.05) is 31.1 Å². The fourth-order valence-corrected chi connectivity index (χ4v) is 3.72. The zero-order chi connectivity index (χ0) is 22.1. The highest BCUT2D eigenvalue weighted by Gasteiger charge is 2.46. The number of anilines is 2. The Labute approximate surface area is 179 Å². The van der Waals surface area contributed by atoms with Crippen LogP contribution >= 0.6 is 0 Å². The molecule has 4 rings (SSSR count). The van der Waals surface area contributed by atoms with Crippen LogP contribution in [0.3, 0.4) is 0 Å². The van der Waals surface area contributed by atoms with Crippen LogP contribution in [-0.2, 0) is 9.59 Å². The summed E-state index contributed by atoms with van der Waals surface area (Å²) >= 11 is 0. The van der Waals surface area contributed by atoms with Crippen molar-refractivity contribution in [2.45, 2.75) is 6.04 Å². The molecule has 0 bridgehead atoms. The van der Waals surface area contributed by atoms with E-state index in [9.17, 15) is 19.1 Å². The number of rotatable bonds is 4. The summed E-state index contributed by atoms with van der Waals surface area (Å²) in [5.74, 6) is -2.23. The molecule has 1 aliphatic heterocycles. The number of carbonyl (C=O) groups excluding carboxylic acids is 2. The van der Waals surface area contributed by atoms with E-state index in [2.05, 4.69) is 0 Å². The minimum atomic E-state index is -0.883. The van der Waals surface area contributed by atoms with Crippen LogP contribution in [0.5, 0.6) is 0 Å². The van der Waals surface area contributed by atoms with Gasteiger partial charge in [0, 0.05) is 31.0 Å². The summed E-state index contributed by atoms with van der Waals surface area (Å²) in [6.07, 6.45) is 0. The fourth-order valence-electron chi connectivity index (χ4n) is 3.72. The zero-order valence-electron chi connectivity index (χ0n) is 17.1. The number of aliphatic hydroxyl groups excluding tert-OH is 1. The molecule has 31 heavy (non-hydrogen) atoms. The van der Waals surface area contributed by atoms with Crippen molar-refractivity contribution in [1.82, 2.24) is 0 Å². The predicted octanol–water partition coefficient (Wildman–Crippen LogP) is 4.52. The van der Waals surface area contributed by atoms with E-state index >= 15 is 0 Å². The maximum atomic E-state index is 13.6. The third-order valence-electron chi connectivity index (χ3n) is 5.32. The number of Topliss-reactive ketones (excluding diaryl/α,β-unsaturated/α-hetero) is 1. The minimum absolute atomic E-state index is 0.0282. The Kier molecular flexibility index (Phi) is 5.29. The first-order valence-corrected chi connectivity index (χ1v) is 9.78. The maximum Gasteiger partial charge on any atom is 0.300 e. The molecule has 0 saturated carbocycles. The van der Waals surface area contributed by atoms with E-state index in [-0.39, 0.29) is 11.3 Å². The highest BCUT2D eigenvalue weighted by atomic mass is 19.1. The Balaban J connectivity index is 1.90. The van der Waals surface area contributed by atoms with Gasteiger partial charge in [0.05, 0.1) is 11.6 Å². The van der Waals surface area contributed by atoms with Crippen molar-refractivity contribution in [2.75, 3.05) is 23.9 Å². The summed E-state index contributed by atoms with van der Waals surface area (Å²) in [7, 11) is 3.80. The molecule has 1 saturated heterocycles. The van der Waals surface area contributed by atoms with Crippen LogP contribution in [0.25, 0.3) is 5.76 Å². The number of benzene rings is 3. The summed E-state index contributed by atoms with van der Waals surface area (Å²) in [5, 5.41) is 11.0. The highest BCUT2D eigenvalue weighted by Crippen LogP contribution is 2.42. The van der Waals surface area contributed by atoms with Crippen LogP contribution in [0.4, 0.5) is 15.8 Å². The molecule has 6 heteroatoms. The van der Waals surface area contributed by atoms with Crippen LogP contribution in [-0.4, -0.2) is 30.9 Å². The number of hydrogen-bond acceptors (Lipinski definition) is 4. The smallest absolute Gasteiger partial charge is 0.300 e. The Morgan fingerprint density at radius 1 is 0.903 bits per heavy atom. The number of ketones is 1. The second-order valence-electron chi connectivity index (χ2n) is 7.50. The van der Waals surface area contributed by atoms with Crippen LogP contribution < -0.4 is 9.80 Å². The molecule has 1 N–H and O–H groups in total. The minimum Gasteiger partial charge on any atom is -0.507 e. The summed E-state index contributed by atoms with van der Waals surface area (Å²) in [6, 6.07) is 20.5. The number of halogens is 1. The van der Waals surface area contributed by atoms with Crippen molar-refractivity contribution in [3.63, 3.8) is 0 Å². The molecule has 1 amide bonds. The lowest BCUT2D eigenvalue weighted by molar-refractivity contribution is -0.132. The summed E-state index contributed by atoms with van der Waals surface area (Å²) in [4.78, 5) is 29.4. The van der Waals surface area contributed by atoms with Gasteiger partial charge < -0.3 is 10.0 Å². The SMILES string of the molecule is CN(C)c1ccc(N2C(=O)C(=O)/C(=C(/O)c3ccccc3)[C@H]2c2ccc(F)cc2)cc1. The van der Waals surface area contributed by atoms with E-state index < -0.39 is 23.5 Å². The summed E-state index contributed by atoms with van der Waals surface area (Å²) < 4.78 is 13.6. The lowest BCUT2D eigenvalue weighted by atomic mass is 9.95. The first kappa shape index (κ1) is 20.3. The van der Waals surface area contributed by atoms with Gasteiger partial charge in [-0.2, -0.15) is 0 Å².